The molecule has 0 aromatic carbocycles. The predicted octanol–water partition coefficient (Wildman–Crippen LogP) is 0.795. The fourth-order valence-electron chi connectivity index (χ4n) is 1.57. The van der Waals surface area contributed by atoms with Gasteiger partial charge in [0.1, 0.15) is 0 Å². The molecule has 96 valence electrons. The van der Waals surface area contributed by atoms with E-state index in [2.05, 4.69) is 29.1 Å². The lowest BCUT2D eigenvalue weighted by molar-refractivity contribution is 0.301. The summed E-state index contributed by atoms with van der Waals surface area (Å²) in [5.41, 5.74) is 1.08. The van der Waals surface area contributed by atoms with E-state index in [9.17, 15) is 0 Å². The van der Waals surface area contributed by atoms with Crippen molar-refractivity contribution in [2.45, 2.75) is 26.8 Å². The molecule has 1 rings (SSSR count). The van der Waals surface area contributed by atoms with Crippen molar-refractivity contribution < 1.29 is 5.11 Å². The molecular formula is C12H22N4O. The molecule has 5 nitrogen and oxygen atoms in total. The summed E-state index contributed by atoms with van der Waals surface area (Å²) in [7, 11) is 0. The van der Waals surface area contributed by atoms with E-state index in [1.165, 1.54) is 0 Å². The number of hydrogen-bond acceptors (Lipinski definition) is 5. The lowest BCUT2D eigenvalue weighted by Gasteiger charge is -2.20. The van der Waals surface area contributed by atoms with Crippen molar-refractivity contribution >= 4 is 5.95 Å². The molecule has 0 saturated heterocycles. The van der Waals surface area contributed by atoms with Crippen molar-refractivity contribution in [3.8, 4) is 0 Å². The summed E-state index contributed by atoms with van der Waals surface area (Å²) < 4.78 is 0. The highest BCUT2D eigenvalue weighted by Gasteiger charge is 2.07. The average molecular weight is 238 g/mol. The van der Waals surface area contributed by atoms with Gasteiger partial charge < -0.3 is 15.3 Å². The van der Waals surface area contributed by atoms with E-state index < -0.39 is 0 Å². The highest BCUT2D eigenvalue weighted by molar-refractivity contribution is 5.29. The number of hydrogen-bond donors (Lipinski definition) is 2. The van der Waals surface area contributed by atoms with E-state index in [0.29, 0.717) is 12.5 Å². The predicted molar refractivity (Wildman–Crippen MR) is 69.0 cm³/mol. The van der Waals surface area contributed by atoms with Gasteiger partial charge in [-0.25, -0.2) is 9.97 Å². The van der Waals surface area contributed by atoms with Crippen LogP contribution in [0, 0.1) is 0 Å². The van der Waals surface area contributed by atoms with Crippen LogP contribution in [0.3, 0.4) is 0 Å². The Morgan fingerprint density at radius 3 is 2.47 bits per heavy atom. The first-order chi connectivity index (χ1) is 8.31. The minimum absolute atomic E-state index is 0.127. The van der Waals surface area contributed by atoms with Gasteiger partial charge in [0.25, 0.3) is 0 Å². The molecule has 0 bridgehead atoms. The van der Waals surface area contributed by atoms with Crippen LogP contribution in [0.4, 0.5) is 5.95 Å². The highest BCUT2D eigenvalue weighted by Crippen LogP contribution is 2.07. The average Bonchev–Trinajstić information content (AvgIpc) is 2.37. The zero-order chi connectivity index (χ0) is 12.5. The molecule has 2 N–H and O–H groups in total. The molecule has 0 spiro atoms. The van der Waals surface area contributed by atoms with Gasteiger partial charge in [-0.2, -0.15) is 0 Å². The number of aromatic nitrogens is 2. The van der Waals surface area contributed by atoms with Gasteiger partial charge in [0.2, 0.25) is 5.95 Å². The van der Waals surface area contributed by atoms with Crippen molar-refractivity contribution in [1.29, 1.82) is 0 Å². The maximum atomic E-state index is 8.99. The quantitative estimate of drug-likeness (QED) is 0.701. The Balaban J connectivity index is 2.63. The number of nitrogens with one attached hydrogen (secondary N) is 1. The summed E-state index contributed by atoms with van der Waals surface area (Å²) in [6.07, 6.45) is 4.69. The van der Waals surface area contributed by atoms with Crippen LogP contribution < -0.4 is 10.2 Å². The largest absolute Gasteiger partial charge is 0.395 e. The normalized spacial score (nSPS) is 10.5. The lowest BCUT2D eigenvalue weighted by Crippen LogP contribution is -2.29. The molecule has 5 heteroatoms. The van der Waals surface area contributed by atoms with Crippen molar-refractivity contribution in [2.75, 3.05) is 31.1 Å². The molecule has 0 aliphatic rings. The van der Waals surface area contributed by atoms with Crippen LogP contribution >= 0.6 is 0 Å². The summed E-state index contributed by atoms with van der Waals surface area (Å²) in [5, 5.41) is 12.2. The second-order valence-corrected chi connectivity index (χ2v) is 3.88. The second kappa shape index (κ2) is 7.97. The zero-order valence-electron chi connectivity index (χ0n) is 10.7. The van der Waals surface area contributed by atoms with Crippen molar-refractivity contribution in [3.05, 3.63) is 18.0 Å². The zero-order valence-corrected chi connectivity index (χ0v) is 10.7. The van der Waals surface area contributed by atoms with Crippen LogP contribution in [0.2, 0.25) is 0 Å². The molecular weight excluding hydrogens is 216 g/mol. The molecule has 0 atom stereocenters. The third-order valence-corrected chi connectivity index (χ3v) is 2.42. The Kier molecular flexibility index (Phi) is 6.50. The summed E-state index contributed by atoms with van der Waals surface area (Å²) in [4.78, 5) is 10.7. The standard InChI is InChI=1S/C12H22N4O/c1-3-5-16(6-7-17)12-14-9-11(10-15-12)8-13-4-2/h9-10,13,17H,3-8H2,1-2H3. The monoisotopic (exact) mass is 238 g/mol. The summed E-state index contributed by atoms with van der Waals surface area (Å²) >= 11 is 0. The molecule has 0 aliphatic heterocycles. The molecule has 0 fully saturated rings. The van der Waals surface area contributed by atoms with Crippen LogP contribution in [0.25, 0.3) is 0 Å². The molecule has 0 aliphatic carbocycles. The van der Waals surface area contributed by atoms with Gasteiger partial charge >= 0.3 is 0 Å². The third kappa shape index (κ3) is 4.66. The second-order valence-electron chi connectivity index (χ2n) is 3.88. The number of nitrogens with zero attached hydrogens (tertiary/aromatic N) is 3. The smallest absolute Gasteiger partial charge is 0.225 e. The molecule has 1 heterocycles. The Bertz CT molecular complexity index is 296. The van der Waals surface area contributed by atoms with Crippen molar-refractivity contribution in [1.82, 2.24) is 15.3 Å². The van der Waals surface area contributed by atoms with E-state index in [1.54, 1.807) is 0 Å². The number of aliphatic hydroxyl groups is 1. The Morgan fingerprint density at radius 2 is 1.94 bits per heavy atom. The van der Waals surface area contributed by atoms with E-state index in [1.807, 2.05) is 17.3 Å². The van der Waals surface area contributed by atoms with Crippen molar-refractivity contribution in [2.24, 2.45) is 0 Å². The fraction of sp³-hybridized carbons (Fsp3) is 0.667. The first kappa shape index (κ1) is 13.9. The molecule has 0 unspecified atom stereocenters. The van der Waals surface area contributed by atoms with Crippen LogP contribution in [0.1, 0.15) is 25.8 Å². The minimum atomic E-state index is 0.127. The molecule has 0 saturated carbocycles. The maximum Gasteiger partial charge on any atom is 0.225 e. The molecule has 0 amide bonds. The van der Waals surface area contributed by atoms with E-state index in [0.717, 1.165) is 31.6 Å². The lowest BCUT2D eigenvalue weighted by atomic mass is 10.3. The highest BCUT2D eigenvalue weighted by atomic mass is 16.3. The maximum absolute atomic E-state index is 8.99. The number of anilines is 1. The Labute approximate surface area is 103 Å². The van der Waals surface area contributed by atoms with Crippen LogP contribution in [-0.2, 0) is 6.54 Å². The van der Waals surface area contributed by atoms with Gasteiger partial charge in [0.05, 0.1) is 6.61 Å². The van der Waals surface area contributed by atoms with Crippen LogP contribution in [0.5, 0.6) is 0 Å². The summed E-state index contributed by atoms with van der Waals surface area (Å²) in [6.45, 7) is 7.48. The molecule has 1 aromatic rings. The summed E-state index contributed by atoms with van der Waals surface area (Å²) in [5.74, 6) is 0.696. The van der Waals surface area contributed by atoms with Crippen LogP contribution in [0.15, 0.2) is 12.4 Å². The Hall–Kier alpha value is -1.20. The van der Waals surface area contributed by atoms with Gasteiger partial charge in [-0.15, -0.1) is 0 Å². The molecule has 17 heavy (non-hydrogen) atoms. The summed E-state index contributed by atoms with van der Waals surface area (Å²) in [6, 6.07) is 0. The topological polar surface area (TPSA) is 61.3 Å². The van der Waals surface area contributed by atoms with Crippen LogP contribution in [-0.4, -0.2) is 41.3 Å². The third-order valence-electron chi connectivity index (χ3n) is 2.42. The van der Waals surface area contributed by atoms with E-state index >= 15 is 0 Å². The van der Waals surface area contributed by atoms with Gasteiger partial charge in [-0.1, -0.05) is 13.8 Å². The van der Waals surface area contributed by atoms with Gasteiger partial charge in [-0.3, -0.25) is 0 Å². The van der Waals surface area contributed by atoms with E-state index in [4.69, 9.17) is 5.11 Å². The SMILES string of the molecule is CCCN(CCO)c1ncc(CNCC)cn1. The number of rotatable bonds is 8. The first-order valence-corrected chi connectivity index (χ1v) is 6.19. The molecule has 1 aromatic heterocycles. The Morgan fingerprint density at radius 1 is 1.24 bits per heavy atom. The first-order valence-electron chi connectivity index (χ1n) is 6.19. The fourth-order valence-corrected chi connectivity index (χ4v) is 1.57. The number of aliphatic hydroxyl groups excluding tert-OH is 1. The van der Waals surface area contributed by atoms with Gasteiger partial charge in [0, 0.05) is 37.6 Å². The van der Waals surface area contributed by atoms with E-state index in [-0.39, 0.29) is 6.61 Å². The van der Waals surface area contributed by atoms with Gasteiger partial charge in [-0.05, 0) is 13.0 Å². The minimum Gasteiger partial charge on any atom is -0.395 e. The van der Waals surface area contributed by atoms with Crippen molar-refractivity contribution in [3.63, 3.8) is 0 Å². The molecule has 0 radical (unpaired) electrons. The van der Waals surface area contributed by atoms with Gasteiger partial charge in [0.15, 0.2) is 0 Å².